The number of hydrogen-bond donors (Lipinski definition) is 0. The quantitative estimate of drug-likeness (QED) is 0.440. The summed E-state index contributed by atoms with van der Waals surface area (Å²) >= 11 is 7.04. The first-order valence-electron chi connectivity index (χ1n) is 2.95. The number of ether oxygens (including phenoxy) is 1. The Kier molecular flexibility index (Phi) is 3.11. The highest BCUT2D eigenvalue weighted by atomic mass is 127. The molecule has 1 aromatic rings. The second kappa shape index (κ2) is 3.74. The number of methoxy groups -OCH3 is 1. The lowest BCUT2D eigenvalue weighted by Gasteiger charge is -2.05. The molecule has 5 heteroatoms. The van der Waals surface area contributed by atoms with Gasteiger partial charge in [0.05, 0.1) is 10.7 Å². The van der Waals surface area contributed by atoms with Crippen molar-refractivity contribution in [1.29, 1.82) is 0 Å². The van der Waals surface area contributed by atoms with Gasteiger partial charge in [0.1, 0.15) is 5.02 Å². The molecule has 0 aromatic heterocycles. The molecule has 0 saturated carbocycles. The topological polar surface area (TPSA) is 9.23 Å². The van der Waals surface area contributed by atoms with Crippen molar-refractivity contribution in [3.8, 4) is 5.75 Å². The van der Waals surface area contributed by atoms with Crippen LogP contribution >= 0.6 is 34.2 Å². The summed E-state index contributed by atoms with van der Waals surface area (Å²) in [5.41, 5.74) is 0. The zero-order chi connectivity index (χ0) is 9.30. The number of rotatable bonds is 1. The molecular formula is C7H4ClF2IO. The Labute approximate surface area is 86.8 Å². The summed E-state index contributed by atoms with van der Waals surface area (Å²) in [6.07, 6.45) is 0. The molecule has 0 amide bonds. The van der Waals surface area contributed by atoms with E-state index in [4.69, 9.17) is 11.6 Å². The molecule has 0 radical (unpaired) electrons. The maximum atomic E-state index is 12.9. The van der Waals surface area contributed by atoms with Gasteiger partial charge in [-0.1, -0.05) is 11.6 Å². The van der Waals surface area contributed by atoms with Gasteiger partial charge in [-0.2, -0.15) is 0 Å². The summed E-state index contributed by atoms with van der Waals surface area (Å²) in [6.45, 7) is 0. The first-order chi connectivity index (χ1) is 5.57. The van der Waals surface area contributed by atoms with Gasteiger partial charge in [-0.15, -0.1) is 0 Å². The second-order valence-electron chi connectivity index (χ2n) is 2.00. The van der Waals surface area contributed by atoms with E-state index in [1.54, 1.807) is 22.6 Å². The summed E-state index contributed by atoms with van der Waals surface area (Å²) in [4.78, 5) is 0. The Morgan fingerprint density at radius 2 is 2.00 bits per heavy atom. The molecule has 0 aliphatic heterocycles. The predicted molar refractivity (Wildman–Crippen MR) is 50.6 cm³/mol. The maximum absolute atomic E-state index is 12.9. The van der Waals surface area contributed by atoms with E-state index in [0.717, 1.165) is 0 Å². The van der Waals surface area contributed by atoms with E-state index in [0.29, 0.717) is 0 Å². The molecule has 0 bridgehead atoms. The van der Waals surface area contributed by atoms with Crippen LogP contribution in [0.3, 0.4) is 0 Å². The van der Waals surface area contributed by atoms with Crippen LogP contribution in [0.15, 0.2) is 6.07 Å². The van der Waals surface area contributed by atoms with Crippen molar-refractivity contribution in [2.45, 2.75) is 0 Å². The molecule has 12 heavy (non-hydrogen) atoms. The van der Waals surface area contributed by atoms with Gasteiger partial charge >= 0.3 is 0 Å². The van der Waals surface area contributed by atoms with Crippen LogP contribution in [0, 0.1) is 15.2 Å². The van der Waals surface area contributed by atoms with Gasteiger partial charge in [0.25, 0.3) is 0 Å². The fourth-order valence-electron chi connectivity index (χ4n) is 0.700. The minimum Gasteiger partial charge on any atom is -0.494 e. The van der Waals surface area contributed by atoms with Crippen LogP contribution < -0.4 is 4.74 Å². The number of halogens is 4. The molecule has 0 saturated heterocycles. The number of benzene rings is 1. The normalized spacial score (nSPS) is 10.1. The van der Waals surface area contributed by atoms with Crippen LogP contribution in [0.4, 0.5) is 8.78 Å². The lowest BCUT2D eigenvalue weighted by Crippen LogP contribution is -1.94. The monoisotopic (exact) mass is 304 g/mol. The predicted octanol–water partition coefficient (Wildman–Crippen LogP) is 3.23. The third kappa shape index (κ3) is 1.64. The average Bonchev–Trinajstić information content (AvgIpc) is 2.08. The molecule has 0 aliphatic carbocycles. The van der Waals surface area contributed by atoms with Crippen LogP contribution in [0.2, 0.25) is 5.02 Å². The Morgan fingerprint density at radius 3 is 2.50 bits per heavy atom. The first-order valence-corrected chi connectivity index (χ1v) is 4.40. The molecule has 1 nitrogen and oxygen atoms in total. The van der Waals surface area contributed by atoms with E-state index >= 15 is 0 Å². The minimum atomic E-state index is -0.864. The van der Waals surface area contributed by atoms with Gasteiger partial charge in [-0.25, -0.2) is 8.78 Å². The van der Waals surface area contributed by atoms with Gasteiger partial charge in [-0.05, 0) is 28.7 Å². The van der Waals surface area contributed by atoms with Crippen LogP contribution in [-0.4, -0.2) is 7.11 Å². The average molecular weight is 304 g/mol. The van der Waals surface area contributed by atoms with Crippen molar-refractivity contribution >= 4 is 34.2 Å². The lowest BCUT2D eigenvalue weighted by atomic mass is 10.3. The van der Waals surface area contributed by atoms with Gasteiger partial charge in [-0.3, -0.25) is 0 Å². The molecule has 1 aromatic carbocycles. The van der Waals surface area contributed by atoms with Crippen molar-refractivity contribution in [2.24, 2.45) is 0 Å². The van der Waals surface area contributed by atoms with Crippen molar-refractivity contribution in [3.05, 3.63) is 26.3 Å². The third-order valence-corrected chi connectivity index (χ3v) is 2.41. The van der Waals surface area contributed by atoms with E-state index < -0.39 is 16.7 Å². The van der Waals surface area contributed by atoms with Crippen LogP contribution in [0.5, 0.6) is 5.75 Å². The summed E-state index contributed by atoms with van der Waals surface area (Å²) in [5, 5.41) is -0.529. The van der Waals surface area contributed by atoms with Crippen LogP contribution in [0.25, 0.3) is 0 Å². The van der Waals surface area contributed by atoms with Crippen molar-refractivity contribution < 1.29 is 13.5 Å². The zero-order valence-electron chi connectivity index (χ0n) is 6.00. The molecule has 0 aliphatic rings. The fourth-order valence-corrected chi connectivity index (χ4v) is 1.61. The lowest BCUT2D eigenvalue weighted by molar-refractivity contribution is 0.383. The van der Waals surface area contributed by atoms with Crippen LogP contribution in [0.1, 0.15) is 0 Å². The first kappa shape index (κ1) is 9.98. The molecular weight excluding hydrogens is 300 g/mol. The molecule has 0 N–H and O–H groups in total. The van der Waals surface area contributed by atoms with Gasteiger partial charge in [0.2, 0.25) is 0 Å². The van der Waals surface area contributed by atoms with Crippen LogP contribution in [-0.2, 0) is 0 Å². The van der Waals surface area contributed by atoms with Crippen molar-refractivity contribution in [3.63, 3.8) is 0 Å². The van der Waals surface area contributed by atoms with Gasteiger partial charge in [0, 0.05) is 0 Å². The Hall–Kier alpha value is -0.100. The van der Waals surface area contributed by atoms with Gasteiger partial charge in [0.15, 0.2) is 17.4 Å². The Balaban J connectivity index is 3.39. The summed E-state index contributed by atoms with van der Waals surface area (Å²) in [6, 6.07) is 1.25. The maximum Gasteiger partial charge on any atom is 0.186 e. The highest BCUT2D eigenvalue weighted by Gasteiger charge is 2.15. The van der Waals surface area contributed by atoms with Gasteiger partial charge < -0.3 is 4.74 Å². The summed E-state index contributed by atoms with van der Waals surface area (Å²) in [7, 11) is 1.29. The fraction of sp³-hybridized carbons (Fsp3) is 0.143. The summed E-state index contributed by atoms with van der Waals surface area (Å²) < 4.78 is 30.7. The third-order valence-electron chi connectivity index (χ3n) is 1.29. The Morgan fingerprint density at radius 1 is 1.42 bits per heavy atom. The molecule has 66 valence electrons. The molecule has 1 rings (SSSR count). The second-order valence-corrected chi connectivity index (χ2v) is 3.54. The van der Waals surface area contributed by atoms with E-state index in [1.165, 1.54) is 13.2 Å². The number of hydrogen-bond acceptors (Lipinski definition) is 1. The largest absolute Gasteiger partial charge is 0.494 e. The Bertz CT molecular complexity index is 317. The zero-order valence-corrected chi connectivity index (χ0v) is 8.91. The van der Waals surface area contributed by atoms with E-state index in [1.807, 2.05) is 0 Å². The van der Waals surface area contributed by atoms with E-state index in [2.05, 4.69) is 4.74 Å². The minimum absolute atomic E-state index is 0.0502. The van der Waals surface area contributed by atoms with E-state index in [9.17, 15) is 8.78 Å². The smallest absolute Gasteiger partial charge is 0.186 e. The van der Waals surface area contributed by atoms with Crippen molar-refractivity contribution in [1.82, 2.24) is 0 Å². The highest BCUT2D eigenvalue weighted by Crippen LogP contribution is 2.30. The highest BCUT2D eigenvalue weighted by molar-refractivity contribution is 14.1. The van der Waals surface area contributed by atoms with E-state index in [-0.39, 0.29) is 9.32 Å². The molecule has 0 unspecified atom stereocenters. The molecule has 0 fully saturated rings. The molecule has 0 heterocycles. The molecule has 0 spiro atoms. The SMILES string of the molecule is COc1cc(I)c(F)c(Cl)c1F. The standard InChI is InChI=1S/C7H4ClF2IO/c1-12-4-2-3(11)6(9)5(8)7(4)10/h2H,1H3. The summed E-state index contributed by atoms with van der Waals surface area (Å²) in [5.74, 6) is -1.67. The molecule has 0 atom stereocenters. The van der Waals surface area contributed by atoms with Crippen molar-refractivity contribution in [2.75, 3.05) is 7.11 Å².